The first-order valence-electron chi connectivity index (χ1n) is 8.15. The molecule has 2 N–H and O–H groups in total. The summed E-state index contributed by atoms with van der Waals surface area (Å²) < 4.78 is 27.4. The van der Waals surface area contributed by atoms with E-state index in [2.05, 4.69) is 4.72 Å². The van der Waals surface area contributed by atoms with Crippen molar-refractivity contribution >= 4 is 10.0 Å². The summed E-state index contributed by atoms with van der Waals surface area (Å²) in [6.45, 7) is 3.68. The summed E-state index contributed by atoms with van der Waals surface area (Å²) in [5, 5.41) is 10.2. The molecule has 0 saturated heterocycles. The van der Waals surface area contributed by atoms with Crippen LogP contribution >= 0.6 is 0 Å². The van der Waals surface area contributed by atoms with Gasteiger partial charge in [0.1, 0.15) is 0 Å². The van der Waals surface area contributed by atoms with Gasteiger partial charge in [-0.25, -0.2) is 13.1 Å². The van der Waals surface area contributed by atoms with Crippen LogP contribution in [-0.2, 0) is 10.0 Å². The molecule has 0 aliphatic carbocycles. The molecule has 130 valence electrons. The van der Waals surface area contributed by atoms with Crippen LogP contribution in [-0.4, -0.2) is 25.3 Å². The molecule has 0 fully saturated rings. The Kier molecular flexibility index (Phi) is 6.54. The van der Waals surface area contributed by atoms with Gasteiger partial charge in [0.05, 0.1) is 11.9 Å². The number of sulfonamides is 1. The van der Waals surface area contributed by atoms with E-state index in [0.717, 1.165) is 11.1 Å². The lowest BCUT2D eigenvalue weighted by molar-refractivity contribution is 0.158. The molecule has 0 radical (unpaired) electrons. The monoisotopic (exact) mass is 347 g/mol. The van der Waals surface area contributed by atoms with E-state index < -0.39 is 16.1 Å². The molecule has 0 amide bonds. The Morgan fingerprint density at radius 3 is 1.96 bits per heavy atom. The van der Waals surface area contributed by atoms with Gasteiger partial charge < -0.3 is 5.11 Å². The summed E-state index contributed by atoms with van der Waals surface area (Å²) in [6, 6.07) is 18.5. The van der Waals surface area contributed by atoms with Crippen molar-refractivity contribution in [1.29, 1.82) is 0 Å². The van der Waals surface area contributed by atoms with Crippen molar-refractivity contribution in [2.24, 2.45) is 0 Å². The molecule has 0 spiro atoms. The Labute approximate surface area is 144 Å². The SMILES string of the molecule is CC(CC(O)c1ccccc1)NS(=O)(=O)CC(C)c1ccccc1. The maximum atomic E-state index is 12.3. The van der Waals surface area contributed by atoms with E-state index in [4.69, 9.17) is 0 Å². The van der Waals surface area contributed by atoms with E-state index in [9.17, 15) is 13.5 Å². The summed E-state index contributed by atoms with van der Waals surface area (Å²) in [7, 11) is -3.42. The fourth-order valence-corrected chi connectivity index (χ4v) is 4.41. The van der Waals surface area contributed by atoms with Crippen LogP contribution in [0.15, 0.2) is 60.7 Å². The molecule has 2 aromatic carbocycles. The van der Waals surface area contributed by atoms with Gasteiger partial charge in [0, 0.05) is 6.04 Å². The summed E-state index contributed by atoms with van der Waals surface area (Å²) in [5.74, 6) is -0.0575. The highest BCUT2D eigenvalue weighted by molar-refractivity contribution is 7.89. The molecule has 0 heterocycles. The smallest absolute Gasteiger partial charge is 0.212 e. The van der Waals surface area contributed by atoms with Crippen molar-refractivity contribution in [3.05, 3.63) is 71.8 Å². The minimum absolute atomic E-state index is 0.0305. The largest absolute Gasteiger partial charge is 0.388 e. The van der Waals surface area contributed by atoms with Crippen LogP contribution in [0.3, 0.4) is 0 Å². The molecule has 0 aliphatic rings. The summed E-state index contributed by atoms with van der Waals surface area (Å²) >= 11 is 0. The maximum Gasteiger partial charge on any atom is 0.212 e. The lowest BCUT2D eigenvalue weighted by Gasteiger charge is -2.20. The molecular formula is C19H25NO3S. The molecule has 4 nitrogen and oxygen atoms in total. The van der Waals surface area contributed by atoms with E-state index in [0.29, 0.717) is 6.42 Å². The van der Waals surface area contributed by atoms with Crippen molar-refractivity contribution in [1.82, 2.24) is 4.72 Å². The van der Waals surface area contributed by atoms with Gasteiger partial charge >= 0.3 is 0 Å². The van der Waals surface area contributed by atoms with Gasteiger partial charge in [-0.3, -0.25) is 0 Å². The van der Waals surface area contributed by atoms with E-state index in [1.54, 1.807) is 6.92 Å². The second-order valence-corrected chi connectivity index (χ2v) is 8.07. The number of benzene rings is 2. The lowest BCUT2D eigenvalue weighted by atomic mass is 10.0. The van der Waals surface area contributed by atoms with Gasteiger partial charge in [0.15, 0.2) is 0 Å². The zero-order valence-corrected chi connectivity index (χ0v) is 14.9. The molecule has 2 rings (SSSR count). The Balaban J connectivity index is 1.91. The van der Waals surface area contributed by atoms with Crippen LogP contribution in [0.25, 0.3) is 0 Å². The number of hydrogen-bond acceptors (Lipinski definition) is 3. The molecule has 3 unspecified atom stereocenters. The standard InChI is InChI=1S/C19H25NO3S/c1-15(17-9-5-3-6-10-17)14-24(22,23)20-16(2)13-19(21)18-11-7-4-8-12-18/h3-12,15-16,19-21H,13-14H2,1-2H3. The molecule has 0 aliphatic heterocycles. The molecule has 24 heavy (non-hydrogen) atoms. The predicted molar refractivity (Wildman–Crippen MR) is 97.3 cm³/mol. The molecular weight excluding hydrogens is 322 g/mol. The average Bonchev–Trinajstić information content (AvgIpc) is 2.55. The van der Waals surface area contributed by atoms with Crippen LogP contribution in [0.5, 0.6) is 0 Å². The highest BCUT2D eigenvalue weighted by atomic mass is 32.2. The first kappa shape index (κ1) is 18.6. The van der Waals surface area contributed by atoms with Gasteiger partial charge in [0.25, 0.3) is 0 Å². The van der Waals surface area contributed by atoms with Crippen molar-refractivity contribution in [2.45, 2.75) is 38.3 Å². The van der Waals surface area contributed by atoms with Crippen LogP contribution < -0.4 is 4.72 Å². The fourth-order valence-electron chi connectivity index (χ4n) is 2.76. The fraction of sp³-hybridized carbons (Fsp3) is 0.368. The third kappa shape index (κ3) is 5.74. The highest BCUT2D eigenvalue weighted by Crippen LogP contribution is 2.20. The molecule has 0 aromatic heterocycles. The van der Waals surface area contributed by atoms with Crippen molar-refractivity contribution in [2.75, 3.05) is 5.75 Å². The maximum absolute atomic E-state index is 12.3. The van der Waals surface area contributed by atoms with Gasteiger partial charge in [-0.05, 0) is 30.4 Å². The topological polar surface area (TPSA) is 66.4 Å². The molecule has 5 heteroatoms. The number of nitrogens with one attached hydrogen (secondary N) is 1. The summed E-state index contributed by atoms with van der Waals surface area (Å²) in [6.07, 6.45) is -0.349. The van der Waals surface area contributed by atoms with E-state index >= 15 is 0 Å². The quantitative estimate of drug-likeness (QED) is 0.770. The van der Waals surface area contributed by atoms with Gasteiger partial charge in [0.2, 0.25) is 10.0 Å². The average molecular weight is 347 g/mol. The van der Waals surface area contributed by atoms with Crippen LogP contribution in [0.2, 0.25) is 0 Å². The Morgan fingerprint density at radius 2 is 1.42 bits per heavy atom. The van der Waals surface area contributed by atoms with Crippen LogP contribution in [0.4, 0.5) is 0 Å². The first-order chi connectivity index (χ1) is 11.4. The first-order valence-corrected chi connectivity index (χ1v) is 9.80. The van der Waals surface area contributed by atoms with Crippen molar-refractivity contribution in [3.8, 4) is 0 Å². The Hall–Kier alpha value is -1.69. The van der Waals surface area contributed by atoms with Gasteiger partial charge in [-0.15, -0.1) is 0 Å². The number of rotatable bonds is 8. The third-order valence-electron chi connectivity index (χ3n) is 3.98. The third-order valence-corrected chi connectivity index (χ3v) is 5.68. The minimum atomic E-state index is -3.42. The Morgan fingerprint density at radius 1 is 0.917 bits per heavy atom. The normalized spacial score (nSPS) is 15.6. The molecule has 2 aromatic rings. The number of aliphatic hydroxyl groups is 1. The molecule has 0 bridgehead atoms. The molecule has 0 saturated carbocycles. The zero-order chi connectivity index (χ0) is 17.6. The highest BCUT2D eigenvalue weighted by Gasteiger charge is 2.21. The Bertz CT molecular complexity index is 717. The lowest BCUT2D eigenvalue weighted by Crippen LogP contribution is -2.36. The molecule has 3 atom stereocenters. The summed E-state index contributed by atoms with van der Waals surface area (Å²) in [5.41, 5.74) is 1.79. The number of aliphatic hydroxyl groups excluding tert-OH is 1. The zero-order valence-electron chi connectivity index (χ0n) is 14.1. The summed E-state index contributed by atoms with van der Waals surface area (Å²) in [4.78, 5) is 0. The van der Waals surface area contributed by atoms with E-state index in [1.807, 2.05) is 67.6 Å². The second kappa shape index (κ2) is 8.42. The van der Waals surface area contributed by atoms with Crippen LogP contribution in [0.1, 0.15) is 43.4 Å². The van der Waals surface area contributed by atoms with Crippen molar-refractivity contribution in [3.63, 3.8) is 0 Å². The number of hydrogen-bond donors (Lipinski definition) is 2. The second-order valence-electron chi connectivity index (χ2n) is 6.27. The van der Waals surface area contributed by atoms with Gasteiger partial charge in [-0.2, -0.15) is 0 Å². The van der Waals surface area contributed by atoms with E-state index in [-0.39, 0.29) is 17.7 Å². The minimum Gasteiger partial charge on any atom is -0.388 e. The van der Waals surface area contributed by atoms with Gasteiger partial charge in [-0.1, -0.05) is 67.6 Å². The van der Waals surface area contributed by atoms with E-state index in [1.165, 1.54) is 0 Å². The van der Waals surface area contributed by atoms with Crippen molar-refractivity contribution < 1.29 is 13.5 Å². The predicted octanol–water partition coefficient (Wildman–Crippen LogP) is 3.22. The van der Waals surface area contributed by atoms with Crippen LogP contribution in [0, 0.1) is 0 Å².